The molecule has 0 saturated carbocycles. The van der Waals surface area contributed by atoms with E-state index in [9.17, 15) is 18.0 Å². The van der Waals surface area contributed by atoms with Gasteiger partial charge in [-0.25, -0.2) is 13.1 Å². The lowest BCUT2D eigenvalue weighted by molar-refractivity contribution is 0.0739. The lowest BCUT2D eigenvalue weighted by Crippen LogP contribution is -2.36. The Bertz CT molecular complexity index is 1300. The molecule has 9 heteroatoms. The van der Waals surface area contributed by atoms with Crippen LogP contribution in [0.15, 0.2) is 48.7 Å². The van der Waals surface area contributed by atoms with Crippen LogP contribution in [-0.2, 0) is 35.3 Å². The Morgan fingerprint density at radius 2 is 1.85 bits per heavy atom. The average molecular weight is 484 g/mol. The topological polar surface area (TPSA) is 96.4 Å². The van der Waals surface area contributed by atoms with Crippen LogP contribution in [0.1, 0.15) is 54.2 Å². The van der Waals surface area contributed by atoms with Gasteiger partial charge < -0.3 is 4.90 Å². The minimum absolute atomic E-state index is 0.0536. The van der Waals surface area contributed by atoms with Gasteiger partial charge in [0.1, 0.15) is 0 Å². The van der Waals surface area contributed by atoms with E-state index in [2.05, 4.69) is 9.71 Å². The van der Waals surface area contributed by atoms with Crippen molar-refractivity contribution in [3.05, 3.63) is 86.4 Å². The molecule has 3 heterocycles. The number of aromatic nitrogens is 1. The summed E-state index contributed by atoms with van der Waals surface area (Å²) in [6.45, 7) is 4.44. The first kappa shape index (κ1) is 23.3. The summed E-state index contributed by atoms with van der Waals surface area (Å²) in [5.41, 5.74) is 4.34. The number of thiophene rings is 1. The van der Waals surface area contributed by atoms with Gasteiger partial charge in [0.25, 0.3) is 5.91 Å². The highest BCUT2D eigenvalue weighted by Crippen LogP contribution is 2.27. The second-order valence-corrected chi connectivity index (χ2v) is 11.0. The van der Waals surface area contributed by atoms with E-state index in [-0.39, 0.29) is 24.0 Å². The van der Waals surface area contributed by atoms with Gasteiger partial charge in [-0.3, -0.25) is 14.6 Å². The van der Waals surface area contributed by atoms with E-state index in [1.165, 1.54) is 18.3 Å². The fourth-order valence-corrected chi connectivity index (χ4v) is 5.92. The van der Waals surface area contributed by atoms with Crippen molar-refractivity contribution >= 4 is 33.1 Å². The summed E-state index contributed by atoms with van der Waals surface area (Å²) in [7, 11) is -3.51. The van der Waals surface area contributed by atoms with Crippen molar-refractivity contribution in [2.45, 2.75) is 39.1 Å². The van der Waals surface area contributed by atoms with Gasteiger partial charge in [-0.1, -0.05) is 30.3 Å². The quantitative estimate of drug-likeness (QED) is 0.519. The molecule has 1 aromatic carbocycles. The number of nitrogens with one attached hydrogen (secondary N) is 1. The molecule has 2 aromatic heterocycles. The molecule has 0 unspecified atom stereocenters. The Hall–Kier alpha value is -2.88. The number of amides is 1. The predicted octanol–water partition coefficient (Wildman–Crippen LogP) is 3.47. The Morgan fingerprint density at radius 1 is 1.12 bits per heavy atom. The smallest absolute Gasteiger partial charge is 0.264 e. The molecule has 0 atom stereocenters. The Kier molecular flexibility index (Phi) is 6.73. The molecule has 0 saturated heterocycles. The molecule has 33 heavy (non-hydrogen) atoms. The van der Waals surface area contributed by atoms with E-state index in [0.29, 0.717) is 29.3 Å². The molecule has 0 aliphatic carbocycles. The van der Waals surface area contributed by atoms with Crippen molar-refractivity contribution in [3.8, 4) is 0 Å². The molecule has 4 rings (SSSR count). The Balaban J connectivity index is 1.48. The van der Waals surface area contributed by atoms with E-state index >= 15 is 0 Å². The predicted molar refractivity (Wildman–Crippen MR) is 128 cm³/mol. The number of rotatable bonds is 7. The number of ketones is 1. The summed E-state index contributed by atoms with van der Waals surface area (Å²) < 4.78 is 27.9. The molecule has 172 valence electrons. The van der Waals surface area contributed by atoms with Gasteiger partial charge in [-0.15, -0.1) is 11.3 Å². The third-order valence-corrected chi connectivity index (χ3v) is 8.19. The van der Waals surface area contributed by atoms with Crippen molar-refractivity contribution < 1.29 is 18.0 Å². The maximum atomic E-state index is 12.9. The number of benzene rings is 1. The maximum Gasteiger partial charge on any atom is 0.264 e. The molecule has 1 amide bonds. The van der Waals surface area contributed by atoms with Crippen LogP contribution in [0.3, 0.4) is 0 Å². The lowest BCUT2D eigenvalue weighted by Gasteiger charge is -2.30. The van der Waals surface area contributed by atoms with Crippen LogP contribution < -0.4 is 4.72 Å². The first-order chi connectivity index (χ1) is 15.7. The molecule has 3 aromatic rings. The molecule has 0 spiro atoms. The third kappa shape index (κ3) is 5.38. The minimum Gasteiger partial charge on any atom is -0.333 e. The van der Waals surface area contributed by atoms with E-state index in [4.69, 9.17) is 0 Å². The fraction of sp³-hybridized carbons (Fsp3) is 0.292. The van der Waals surface area contributed by atoms with Crippen molar-refractivity contribution in [1.82, 2.24) is 14.6 Å². The first-order valence-electron chi connectivity index (χ1n) is 10.6. The molecule has 1 aliphatic rings. The van der Waals surface area contributed by atoms with Crippen LogP contribution in [0.4, 0.5) is 0 Å². The normalized spacial score (nSPS) is 13.6. The molecular formula is C24H25N3O4S2. The summed E-state index contributed by atoms with van der Waals surface area (Å²) >= 11 is 1.21. The highest BCUT2D eigenvalue weighted by Gasteiger charge is 2.26. The average Bonchev–Trinajstić information content (AvgIpc) is 3.29. The third-order valence-electron chi connectivity index (χ3n) is 5.71. The number of nitrogens with zero attached hydrogens (tertiary/aromatic N) is 2. The van der Waals surface area contributed by atoms with Gasteiger partial charge >= 0.3 is 0 Å². The number of Topliss-reactive ketones (excluding diaryl/α,β-unsaturated/α-hetero) is 1. The van der Waals surface area contributed by atoms with E-state index in [1.807, 2.05) is 25.1 Å². The second-order valence-electron chi connectivity index (χ2n) is 8.09. The summed E-state index contributed by atoms with van der Waals surface area (Å²) in [5.74, 6) is -0.244. The molecule has 0 radical (unpaired) electrons. The van der Waals surface area contributed by atoms with Crippen LogP contribution >= 0.6 is 11.3 Å². The largest absolute Gasteiger partial charge is 0.333 e. The maximum absolute atomic E-state index is 12.9. The van der Waals surface area contributed by atoms with Crippen LogP contribution in [0.5, 0.6) is 0 Å². The molecule has 1 N–H and O–H groups in total. The lowest BCUT2D eigenvalue weighted by atomic mass is 9.95. The fourth-order valence-electron chi connectivity index (χ4n) is 3.95. The number of sulfonamides is 1. The van der Waals surface area contributed by atoms with Crippen LogP contribution in [0.2, 0.25) is 0 Å². The van der Waals surface area contributed by atoms with Gasteiger partial charge in [0.2, 0.25) is 10.0 Å². The van der Waals surface area contributed by atoms with Gasteiger partial charge in [0, 0.05) is 31.5 Å². The summed E-state index contributed by atoms with van der Waals surface area (Å²) in [5, 5.41) is 0. The monoisotopic (exact) mass is 483 g/mol. The van der Waals surface area contributed by atoms with Gasteiger partial charge in [-0.05, 0) is 54.7 Å². The van der Waals surface area contributed by atoms with Crippen molar-refractivity contribution in [2.75, 3.05) is 6.54 Å². The van der Waals surface area contributed by atoms with E-state index in [1.54, 1.807) is 35.4 Å². The van der Waals surface area contributed by atoms with E-state index < -0.39 is 10.0 Å². The number of fused-ring (bicyclic) bond motifs is 1. The zero-order valence-electron chi connectivity index (χ0n) is 18.5. The van der Waals surface area contributed by atoms with Gasteiger partial charge in [0.15, 0.2) is 5.78 Å². The zero-order valence-corrected chi connectivity index (χ0v) is 20.1. The Morgan fingerprint density at radius 3 is 2.55 bits per heavy atom. The second kappa shape index (κ2) is 9.54. The number of pyridine rings is 1. The standard InChI is InChI=1S/C24H25N3O4S2/c1-16-21(13-26-33(30,31)15-18-6-4-3-5-7-18)20-10-11-27(14-19(20)12-25-16)24(29)23-9-8-22(32-23)17(2)28/h3-9,12,26H,10-11,13-15H2,1-2H3. The molecule has 7 nitrogen and oxygen atoms in total. The summed E-state index contributed by atoms with van der Waals surface area (Å²) in [4.78, 5) is 31.8. The van der Waals surface area contributed by atoms with Crippen LogP contribution in [-0.4, -0.2) is 36.5 Å². The number of hydrogen-bond donors (Lipinski definition) is 1. The number of aryl methyl sites for hydroxylation is 1. The molecular weight excluding hydrogens is 458 g/mol. The van der Waals surface area contributed by atoms with Gasteiger partial charge in [-0.2, -0.15) is 0 Å². The summed E-state index contributed by atoms with van der Waals surface area (Å²) in [6.07, 6.45) is 2.38. The number of hydrogen-bond acceptors (Lipinski definition) is 6. The first-order valence-corrected chi connectivity index (χ1v) is 13.1. The van der Waals surface area contributed by atoms with Crippen LogP contribution in [0, 0.1) is 6.92 Å². The molecule has 1 aliphatic heterocycles. The van der Waals surface area contributed by atoms with Gasteiger partial charge in [0.05, 0.1) is 15.5 Å². The van der Waals surface area contributed by atoms with E-state index in [0.717, 1.165) is 27.9 Å². The molecule has 0 bridgehead atoms. The highest BCUT2D eigenvalue weighted by molar-refractivity contribution is 7.88. The number of carbonyl (C=O) groups excluding carboxylic acids is 2. The number of carbonyl (C=O) groups is 2. The SMILES string of the molecule is CC(=O)c1ccc(C(=O)N2CCc3c(cnc(C)c3CNS(=O)(=O)Cc3ccccc3)C2)s1. The van der Waals surface area contributed by atoms with Crippen molar-refractivity contribution in [3.63, 3.8) is 0 Å². The highest BCUT2D eigenvalue weighted by atomic mass is 32.2. The Labute approximate surface area is 197 Å². The minimum atomic E-state index is -3.51. The molecule has 0 fully saturated rings. The summed E-state index contributed by atoms with van der Waals surface area (Å²) in [6, 6.07) is 12.4. The van der Waals surface area contributed by atoms with Crippen molar-refractivity contribution in [1.29, 1.82) is 0 Å². The van der Waals surface area contributed by atoms with Crippen molar-refractivity contribution in [2.24, 2.45) is 0 Å². The zero-order chi connectivity index (χ0) is 23.6. The van der Waals surface area contributed by atoms with Crippen LogP contribution in [0.25, 0.3) is 0 Å².